The molecule has 0 atom stereocenters. The van der Waals surface area contributed by atoms with Crippen LogP contribution in [0.15, 0.2) is 42.6 Å². The molecule has 0 saturated carbocycles. The number of hydrogen-bond donors (Lipinski definition) is 1. The lowest BCUT2D eigenvalue weighted by molar-refractivity contribution is 0.0453. The van der Waals surface area contributed by atoms with Crippen molar-refractivity contribution in [1.29, 1.82) is 0 Å². The molecule has 1 aromatic carbocycles. The normalized spacial score (nSPS) is 21.8. The third-order valence-electron chi connectivity index (χ3n) is 3.95. The first-order chi connectivity index (χ1) is 9.21. The first-order valence-corrected chi connectivity index (χ1v) is 6.66. The second-order valence-electron chi connectivity index (χ2n) is 5.13. The van der Waals surface area contributed by atoms with E-state index in [0.717, 1.165) is 37.2 Å². The van der Waals surface area contributed by atoms with Crippen LogP contribution in [0.1, 0.15) is 18.4 Å². The average molecular weight is 258 g/mol. The summed E-state index contributed by atoms with van der Waals surface area (Å²) < 4.78 is 5.63. The standard InChI is InChI=1S/C15H18N2O2/c1-12-15(7-9-16-10-8-15)19-14(18)17(12)11-13-5-3-2-4-6-13/h2-6,16H,1,7-11H2. The van der Waals surface area contributed by atoms with Crippen molar-refractivity contribution in [2.75, 3.05) is 13.1 Å². The molecule has 1 spiro atoms. The van der Waals surface area contributed by atoms with Gasteiger partial charge in [-0.15, -0.1) is 0 Å². The molecule has 2 aliphatic heterocycles. The zero-order valence-electron chi connectivity index (χ0n) is 10.9. The number of piperidine rings is 1. The highest BCUT2D eigenvalue weighted by atomic mass is 16.6. The van der Waals surface area contributed by atoms with E-state index in [0.29, 0.717) is 6.54 Å². The summed E-state index contributed by atoms with van der Waals surface area (Å²) in [6, 6.07) is 9.93. The van der Waals surface area contributed by atoms with Gasteiger partial charge in [0.1, 0.15) is 0 Å². The highest BCUT2D eigenvalue weighted by molar-refractivity contribution is 5.75. The number of nitrogens with one attached hydrogen (secondary N) is 1. The van der Waals surface area contributed by atoms with Crippen LogP contribution in [0.2, 0.25) is 0 Å². The molecule has 0 radical (unpaired) electrons. The maximum Gasteiger partial charge on any atom is 0.415 e. The van der Waals surface area contributed by atoms with E-state index in [1.54, 1.807) is 4.90 Å². The number of benzene rings is 1. The maximum atomic E-state index is 12.1. The van der Waals surface area contributed by atoms with Gasteiger partial charge < -0.3 is 10.1 Å². The predicted octanol–water partition coefficient (Wildman–Crippen LogP) is 2.27. The van der Waals surface area contributed by atoms with E-state index in [-0.39, 0.29) is 6.09 Å². The van der Waals surface area contributed by atoms with Gasteiger partial charge >= 0.3 is 6.09 Å². The summed E-state index contributed by atoms with van der Waals surface area (Å²) >= 11 is 0. The summed E-state index contributed by atoms with van der Waals surface area (Å²) in [5, 5.41) is 3.28. The number of carbonyl (C=O) groups excluding carboxylic acids is 1. The van der Waals surface area contributed by atoms with Gasteiger partial charge in [0.05, 0.1) is 12.2 Å². The monoisotopic (exact) mass is 258 g/mol. The summed E-state index contributed by atoms with van der Waals surface area (Å²) in [4.78, 5) is 13.8. The molecule has 0 bridgehead atoms. The third kappa shape index (κ3) is 2.12. The second-order valence-corrected chi connectivity index (χ2v) is 5.13. The molecule has 4 heteroatoms. The first-order valence-electron chi connectivity index (χ1n) is 6.66. The van der Waals surface area contributed by atoms with Crippen LogP contribution in [0.5, 0.6) is 0 Å². The van der Waals surface area contributed by atoms with Crippen LogP contribution in [-0.4, -0.2) is 29.7 Å². The lowest BCUT2D eigenvalue weighted by Gasteiger charge is -2.32. The Morgan fingerprint density at radius 1 is 1.26 bits per heavy atom. The summed E-state index contributed by atoms with van der Waals surface area (Å²) in [6.07, 6.45) is 1.35. The van der Waals surface area contributed by atoms with Crippen molar-refractivity contribution in [3.05, 3.63) is 48.2 Å². The topological polar surface area (TPSA) is 41.6 Å². The Hall–Kier alpha value is -1.81. The molecule has 0 unspecified atom stereocenters. The summed E-state index contributed by atoms with van der Waals surface area (Å²) in [5.74, 6) is 0. The van der Waals surface area contributed by atoms with Crippen LogP contribution >= 0.6 is 0 Å². The van der Waals surface area contributed by atoms with E-state index in [1.165, 1.54) is 0 Å². The fourth-order valence-electron chi connectivity index (χ4n) is 2.78. The summed E-state index contributed by atoms with van der Waals surface area (Å²) in [6.45, 7) is 6.38. The fraction of sp³-hybridized carbons (Fsp3) is 0.400. The highest BCUT2D eigenvalue weighted by Crippen LogP contribution is 2.39. The van der Waals surface area contributed by atoms with E-state index >= 15 is 0 Å². The predicted molar refractivity (Wildman–Crippen MR) is 72.4 cm³/mol. The third-order valence-corrected chi connectivity index (χ3v) is 3.95. The second kappa shape index (κ2) is 4.70. The minimum atomic E-state index is -0.475. The lowest BCUT2D eigenvalue weighted by atomic mass is 9.89. The molecule has 1 N–H and O–H groups in total. The fourth-order valence-corrected chi connectivity index (χ4v) is 2.78. The minimum Gasteiger partial charge on any atom is -0.436 e. The number of amides is 1. The molecule has 19 heavy (non-hydrogen) atoms. The number of nitrogens with zero attached hydrogens (tertiary/aromatic N) is 1. The number of ether oxygens (including phenoxy) is 1. The molecule has 0 aliphatic carbocycles. The Balaban J connectivity index is 1.79. The quantitative estimate of drug-likeness (QED) is 0.884. The Bertz CT molecular complexity index is 492. The smallest absolute Gasteiger partial charge is 0.415 e. The van der Waals surface area contributed by atoms with Gasteiger partial charge in [0.25, 0.3) is 0 Å². The molecule has 2 fully saturated rings. The Labute approximate surface area is 113 Å². The molecular weight excluding hydrogens is 240 g/mol. The van der Waals surface area contributed by atoms with Crippen LogP contribution in [0.3, 0.4) is 0 Å². The molecule has 0 aromatic heterocycles. The van der Waals surface area contributed by atoms with Crippen molar-refractivity contribution in [2.45, 2.75) is 25.0 Å². The molecule has 2 heterocycles. The van der Waals surface area contributed by atoms with Crippen LogP contribution in [0.25, 0.3) is 0 Å². The zero-order valence-corrected chi connectivity index (χ0v) is 10.9. The summed E-state index contributed by atoms with van der Waals surface area (Å²) in [7, 11) is 0. The Morgan fingerprint density at radius 2 is 1.95 bits per heavy atom. The zero-order chi connectivity index (χ0) is 13.3. The van der Waals surface area contributed by atoms with Crippen molar-refractivity contribution in [3.8, 4) is 0 Å². The van der Waals surface area contributed by atoms with Crippen LogP contribution in [0.4, 0.5) is 4.79 Å². The van der Waals surface area contributed by atoms with Crippen molar-refractivity contribution < 1.29 is 9.53 Å². The van der Waals surface area contributed by atoms with Gasteiger partial charge in [-0.1, -0.05) is 36.9 Å². The van der Waals surface area contributed by atoms with Crippen molar-refractivity contribution in [1.82, 2.24) is 10.2 Å². The van der Waals surface area contributed by atoms with E-state index in [2.05, 4.69) is 11.9 Å². The molecular formula is C15H18N2O2. The van der Waals surface area contributed by atoms with Crippen LogP contribution < -0.4 is 5.32 Å². The van der Waals surface area contributed by atoms with Gasteiger partial charge in [-0.2, -0.15) is 0 Å². The molecule has 1 amide bonds. The van der Waals surface area contributed by atoms with Crippen molar-refractivity contribution >= 4 is 6.09 Å². The molecule has 2 aliphatic rings. The van der Waals surface area contributed by atoms with E-state index in [4.69, 9.17) is 4.74 Å². The average Bonchev–Trinajstić information content (AvgIpc) is 2.66. The van der Waals surface area contributed by atoms with E-state index < -0.39 is 5.60 Å². The van der Waals surface area contributed by atoms with Gasteiger partial charge in [0.2, 0.25) is 0 Å². The number of carbonyl (C=O) groups is 1. The first kappa shape index (κ1) is 12.2. The summed E-state index contributed by atoms with van der Waals surface area (Å²) in [5.41, 5.74) is 1.42. The Kier molecular flexibility index (Phi) is 3.03. The van der Waals surface area contributed by atoms with Gasteiger partial charge in [-0.25, -0.2) is 4.79 Å². The largest absolute Gasteiger partial charge is 0.436 e. The molecule has 3 rings (SSSR count). The van der Waals surface area contributed by atoms with Crippen molar-refractivity contribution in [2.24, 2.45) is 0 Å². The Morgan fingerprint density at radius 3 is 2.63 bits per heavy atom. The SMILES string of the molecule is C=C1N(Cc2ccccc2)C(=O)OC12CCNCC2. The van der Waals surface area contributed by atoms with Crippen molar-refractivity contribution in [3.63, 3.8) is 0 Å². The number of hydrogen-bond acceptors (Lipinski definition) is 3. The van der Waals surface area contributed by atoms with Crippen LogP contribution in [0, 0.1) is 0 Å². The van der Waals surface area contributed by atoms with Crippen LogP contribution in [-0.2, 0) is 11.3 Å². The number of rotatable bonds is 2. The lowest BCUT2D eigenvalue weighted by Crippen LogP contribution is -2.43. The minimum absolute atomic E-state index is 0.268. The van der Waals surface area contributed by atoms with Gasteiger partial charge in [-0.3, -0.25) is 4.90 Å². The highest BCUT2D eigenvalue weighted by Gasteiger charge is 2.49. The van der Waals surface area contributed by atoms with E-state index in [1.807, 2.05) is 30.3 Å². The van der Waals surface area contributed by atoms with Gasteiger partial charge in [0.15, 0.2) is 5.60 Å². The molecule has 1 aromatic rings. The van der Waals surface area contributed by atoms with Gasteiger partial charge in [-0.05, 0) is 18.7 Å². The van der Waals surface area contributed by atoms with E-state index in [9.17, 15) is 4.79 Å². The maximum absolute atomic E-state index is 12.1. The van der Waals surface area contributed by atoms with Gasteiger partial charge in [0, 0.05) is 12.8 Å². The molecule has 2 saturated heterocycles. The molecule has 100 valence electrons. The molecule has 4 nitrogen and oxygen atoms in total.